The molecule has 1 aliphatic heterocycles. The van der Waals surface area contributed by atoms with Gasteiger partial charge in [0.2, 0.25) is 0 Å². The maximum Gasteiger partial charge on any atom is 0.260 e. The number of nitrogens with zero attached hydrogens (tertiary/aromatic N) is 1. The molecule has 0 saturated carbocycles. The van der Waals surface area contributed by atoms with Crippen LogP contribution in [0.15, 0.2) is 18.2 Å². The van der Waals surface area contributed by atoms with Crippen LogP contribution >= 0.6 is 0 Å². The van der Waals surface area contributed by atoms with Crippen molar-refractivity contribution in [2.24, 2.45) is 5.41 Å². The fourth-order valence-corrected chi connectivity index (χ4v) is 2.51. The number of benzene rings is 1. The van der Waals surface area contributed by atoms with Crippen molar-refractivity contribution in [3.63, 3.8) is 0 Å². The van der Waals surface area contributed by atoms with Crippen molar-refractivity contribution in [1.82, 2.24) is 4.90 Å². The van der Waals surface area contributed by atoms with Crippen LogP contribution in [0.5, 0.6) is 5.75 Å². The minimum Gasteiger partial charge on any atom is -0.483 e. The molecule has 4 nitrogen and oxygen atoms in total. The van der Waals surface area contributed by atoms with Gasteiger partial charge in [-0.25, -0.2) is 0 Å². The Bertz CT molecular complexity index is 519. The van der Waals surface area contributed by atoms with E-state index in [9.17, 15) is 9.90 Å². The highest BCUT2D eigenvalue weighted by Crippen LogP contribution is 2.29. The summed E-state index contributed by atoms with van der Waals surface area (Å²) in [7, 11) is 0. The van der Waals surface area contributed by atoms with Crippen LogP contribution in [0.4, 0.5) is 0 Å². The highest BCUT2D eigenvalue weighted by molar-refractivity contribution is 5.78. The first-order valence-corrected chi connectivity index (χ1v) is 7.46. The molecule has 0 aromatic heterocycles. The summed E-state index contributed by atoms with van der Waals surface area (Å²) in [6.45, 7) is 9.62. The number of aliphatic hydroxyl groups is 1. The Balaban J connectivity index is 1.91. The molecule has 1 heterocycles. The van der Waals surface area contributed by atoms with E-state index in [1.54, 1.807) is 4.90 Å². The van der Waals surface area contributed by atoms with E-state index in [4.69, 9.17) is 4.74 Å². The number of ether oxygens (including phenoxy) is 1. The molecule has 1 aliphatic rings. The Hall–Kier alpha value is -1.55. The number of carbonyl (C=O) groups is 1. The Kier molecular flexibility index (Phi) is 4.57. The van der Waals surface area contributed by atoms with Crippen LogP contribution in [0, 0.1) is 12.3 Å². The lowest BCUT2D eigenvalue weighted by molar-refractivity contribution is -0.146. The smallest absolute Gasteiger partial charge is 0.260 e. The zero-order valence-corrected chi connectivity index (χ0v) is 13.3. The van der Waals surface area contributed by atoms with Gasteiger partial charge in [-0.1, -0.05) is 32.9 Å². The Labute approximate surface area is 126 Å². The Morgan fingerprint density at radius 3 is 2.67 bits per heavy atom. The molecule has 0 spiro atoms. The summed E-state index contributed by atoms with van der Waals surface area (Å²) in [4.78, 5) is 13.8. The number of likely N-dealkylation sites (tertiary alicyclic amines) is 1. The SMILES string of the molecule is Cc1ccc(C(C)C)cc1OCC(=O)N1CC(C)(CO)C1. The van der Waals surface area contributed by atoms with Crippen LogP contribution in [-0.4, -0.2) is 42.2 Å². The third-order valence-electron chi connectivity index (χ3n) is 4.11. The Morgan fingerprint density at radius 2 is 2.10 bits per heavy atom. The predicted molar refractivity (Wildman–Crippen MR) is 82.5 cm³/mol. The first-order valence-electron chi connectivity index (χ1n) is 7.46. The third kappa shape index (κ3) is 3.56. The molecular formula is C17H25NO3. The van der Waals surface area contributed by atoms with E-state index in [1.807, 2.05) is 26.0 Å². The standard InChI is InChI=1S/C17H25NO3/c1-12(2)14-6-5-13(3)15(7-14)21-8-16(20)18-9-17(4,10-18)11-19/h5-7,12,19H,8-11H2,1-4H3. The van der Waals surface area contributed by atoms with Gasteiger partial charge in [-0.15, -0.1) is 0 Å². The van der Waals surface area contributed by atoms with Crippen molar-refractivity contribution < 1.29 is 14.6 Å². The van der Waals surface area contributed by atoms with E-state index in [0.717, 1.165) is 11.3 Å². The summed E-state index contributed by atoms with van der Waals surface area (Å²) >= 11 is 0. The molecule has 1 aromatic carbocycles. The second kappa shape index (κ2) is 6.06. The van der Waals surface area contributed by atoms with Gasteiger partial charge in [0.05, 0.1) is 6.61 Å². The first kappa shape index (κ1) is 15.8. The average molecular weight is 291 g/mol. The number of rotatable bonds is 5. The van der Waals surface area contributed by atoms with Crippen LogP contribution < -0.4 is 4.74 Å². The van der Waals surface area contributed by atoms with Gasteiger partial charge in [-0.3, -0.25) is 4.79 Å². The van der Waals surface area contributed by atoms with Crippen molar-refractivity contribution in [3.8, 4) is 5.75 Å². The normalized spacial score (nSPS) is 16.8. The predicted octanol–water partition coefficient (Wildman–Crippen LogP) is 2.34. The van der Waals surface area contributed by atoms with Crippen molar-refractivity contribution >= 4 is 5.91 Å². The van der Waals surface area contributed by atoms with Crippen LogP contribution in [0.2, 0.25) is 0 Å². The number of hydrogen-bond donors (Lipinski definition) is 1. The van der Waals surface area contributed by atoms with Crippen LogP contribution in [0.1, 0.15) is 37.8 Å². The van der Waals surface area contributed by atoms with Gasteiger partial charge < -0.3 is 14.7 Å². The maximum absolute atomic E-state index is 12.1. The summed E-state index contributed by atoms with van der Waals surface area (Å²) < 4.78 is 5.69. The van der Waals surface area contributed by atoms with E-state index >= 15 is 0 Å². The number of aryl methyl sites for hydroxylation is 1. The van der Waals surface area contributed by atoms with E-state index in [-0.39, 0.29) is 24.5 Å². The summed E-state index contributed by atoms with van der Waals surface area (Å²) in [5.74, 6) is 1.19. The molecule has 116 valence electrons. The molecule has 0 atom stereocenters. The van der Waals surface area contributed by atoms with Crippen LogP contribution in [-0.2, 0) is 4.79 Å². The van der Waals surface area contributed by atoms with Crippen molar-refractivity contribution in [2.75, 3.05) is 26.3 Å². The Morgan fingerprint density at radius 1 is 1.43 bits per heavy atom. The molecule has 1 saturated heterocycles. The minimum absolute atomic E-state index is 0.0183. The maximum atomic E-state index is 12.1. The molecule has 2 rings (SSSR count). The second-order valence-electron chi connectivity index (χ2n) is 6.69. The van der Waals surface area contributed by atoms with Crippen molar-refractivity contribution in [3.05, 3.63) is 29.3 Å². The first-order chi connectivity index (χ1) is 9.84. The number of carbonyl (C=O) groups excluding carboxylic acids is 1. The van der Waals surface area contributed by atoms with Gasteiger partial charge in [0, 0.05) is 18.5 Å². The minimum atomic E-state index is -0.136. The van der Waals surface area contributed by atoms with E-state index < -0.39 is 0 Å². The molecular weight excluding hydrogens is 266 g/mol. The number of aliphatic hydroxyl groups excluding tert-OH is 1. The molecule has 21 heavy (non-hydrogen) atoms. The second-order valence-corrected chi connectivity index (χ2v) is 6.69. The molecule has 1 amide bonds. The van der Waals surface area contributed by atoms with E-state index in [1.165, 1.54) is 5.56 Å². The van der Waals surface area contributed by atoms with Gasteiger partial charge in [-0.2, -0.15) is 0 Å². The molecule has 1 aromatic rings. The third-order valence-corrected chi connectivity index (χ3v) is 4.11. The number of hydrogen-bond acceptors (Lipinski definition) is 3. The lowest BCUT2D eigenvalue weighted by Gasteiger charge is -2.46. The van der Waals surface area contributed by atoms with Gasteiger partial charge >= 0.3 is 0 Å². The molecule has 4 heteroatoms. The highest BCUT2D eigenvalue weighted by atomic mass is 16.5. The fourth-order valence-electron chi connectivity index (χ4n) is 2.51. The van der Waals surface area contributed by atoms with Crippen LogP contribution in [0.3, 0.4) is 0 Å². The summed E-state index contributed by atoms with van der Waals surface area (Å²) in [5, 5.41) is 9.20. The monoisotopic (exact) mass is 291 g/mol. The van der Waals surface area contributed by atoms with Crippen molar-refractivity contribution in [1.29, 1.82) is 0 Å². The van der Waals surface area contributed by atoms with E-state index in [2.05, 4.69) is 19.9 Å². The average Bonchev–Trinajstić information content (AvgIpc) is 2.42. The summed E-state index contributed by atoms with van der Waals surface area (Å²) in [6.07, 6.45) is 0. The molecule has 1 fully saturated rings. The van der Waals surface area contributed by atoms with Gasteiger partial charge in [0.25, 0.3) is 5.91 Å². The van der Waals surface area contributed by atoms with Gasteiger partial charge in [0.1, 0.15) is 5.75 Å². The molecule has 0 unspecified atom stereocenters. The summed E-state index contributed by atoms with van der Waals surface area (Å²) in [6, 6.07) is 6.14. The van der Waals surface area contributed by atoms with E-state index in [0.29, 0.717) is 19.0 Å². The van der Waals surface area contributed by atoms with Crippen LogP contribution in [0.25, 0.3) is 0 Å². The molecule has 1 N–H and O–H groups in total. The fraction of sp³-hybridized carbons (Fsp3) is 0.588. The molecule has 0 aliphatic carbocycles. The lowest BCUT2D eigenvalue weighted by Crippen LogP contribution is -2.59. The highest BCUT2D eigenvalue weighted by Gasteiger charge is 2.40. The molecule has 0 bridgehead atoms. The topological polar surface area (TPSA) is 49.8 Å². The summed E-state index contributed by atoms with van der Waals surface area (Å²) in [5.41, 5.74) is 2.11. The lowest BCUT2D eigenvalue weighted by atomic mass is 9.83. The van der Waals surface area contributed by atoms with Crippen molar-refractivity contribution in [2.45, 2.75) is 33.6 Å². The quantitative estimate of drug-likeness (QED) is 0.906. The van der Waals surface area contributed by atoms with Gasteiger partial charge in [-0.05, 0) is 30.0 Å². The zero-order chi connectivity index (χ0) is 15.6. The largest absolute Gasteiger partial charge is 0.483 e. The zero-order valence-electron chi connectivity index (χ0n) is 13.3. The van der Waals surface area contributed by atoms with Gasteiger partial charge in [0.15, 0.2) is 6.61 Å². The number of amides is 1. The molecule has 0 radical (unpaired) electrons.